The lowest BCUT2D eigenvalue weighted by atomic mass is 9.91. The van der Waals surface area contributed by atoms with Gasteiger partial charge in [0.15, 0.2) is 5.79 Å². The highest BCUT2D eigenvalue weighted by Crippen LogP contribution is 2.59. The van der Waals surface area contributed by atoms with Gasteiger partial charge in [-0.1, -0.05) is 18.2 Å². The van der Waals surface area contributed by atoms with Crippen molar-refractivity contribution in [1.82, 2.24) is 15.1 Å². The number of likely N-dealkylation sites (N-methyl/N-ethyl adjacent to an activating group) is 1. The number of aliphatic hydroxyl groups is 1. The second kappa shape index (κ2) is 15.7. The third-order valence-corrected chi connectivity index (χ3v) is 10.5. The Hall–Kier alpha value is -4.07. The summed E-state index contributed by atoms with van der Waals surface area (Å²) in [6.45, 7) is 5.29. The number of aliphatic hydroxyl groups excluding tert-OH is 1. The Labute approximate surface area is 311 Å². The summed E-state index contributed by atoms with van der Waals surface area (Å²) in [6.07, 6.45) is 7.91. The fourth-order valence-electron chi connectivity index (χ4n) is 7.56. The molecule has 1 aromatic rings. The molecule has 6 rings (SSSR count). The first-order chi connectivity index (χ1) is 25.2. The number of carbonyl (C=O) groups is 5. The van der Waals surface area contributed by atoms with Crippen molar-refractivity contribution >= 4 is 35.7 Å². The van der Waals surface area contributed by atoms with Crippen LogP contribution in [0, 0.1) is 11.8 Å². The molecule has 5 unspecified atom stereocenters. The molecule has 0 radical (unpaired) electrons. The molecule has 3 amide bonds. The smallest absolute Gasteiger partial charge is 0.339 e. The number of fused-ring (bicyclic) bond motifs is 1. The Bertz CT molecular complexity index is 1630. The van der Waals surface area contributed by atoms with E-state index in [0.29, 0.717) is 30.5 Å². The number of hydrogen-bond acceptors (Lipinski definition) is 10. The van der Waals surface area contributed by atoms with E-state index in [4.69, 9.17) is 18.9 Å². The van der Waals surface area contributed by atoms with Gasteiger partial charge in [-0.25, -0.2) is 4.79 Å². The maximum atomic E-state index is 14.3. The van der Waals surface area contributed by atoms with Crippen molar-refractivity contribution < 1.29 is 48.0 Å². The van der Waals surface area contributed by atoms with Gasteiger partial charge in [0.05, 0.1) is 18.2 Å². The predicted octanol–water partition coefficient (Wildman–Crippen LogP) is 3.53. The number of carbonyl (C=O) groups excluding carboxylic acids is 5. The number of likely N-dealkylation sites (tertiary alicyclic amines) is 1. The van der Waals surface area contributed by atoms with E-state index in [0.717, 1.165) is 25.7 Å². The Kier molecular flexibility index (Phi) is 11.5. The maximum Gasteiger partial charge on any atom is 0.339 e. The molecule has 2 aliphatic heterocycles. The molecule has 0 bridgehead atoms. The average Bonchev–Trinajstić information content (AvgIpc) is 4.06. The highest BCUT2D eigenvalue weighted by molar-refractivity contribution is 5.99. The summed E-state index contributed by atoms with van der Waals surface area (Å²) in [7, 11) is 3.28. The predicted molar refractivity (Wildman–Crippen MR) is 193 cm³/mol. The first-order valence-corrected chi connectivity index (χ1v) is 18.9. The zero-order valence-corrected chi connectivity index (χ0v) is 31.4. The van der Waals surface area contributed by atoms with E-state index in [1.807, 2.05) is 0 Å². The molecule has 53 heavy (non-hydrogen) atoms. The van der Waals surface area contributed by atoms with Gasteiger partial charge < -0.3 is 39.2 Å². The van der Waals surface area contributed by atoms with Crippen LogP contribution in [0.5, 0.6) is 0 Å². The van der Waals surface area contributed by atoms with Crippen LogP contribution in [-0.2, 0) is 38.1 Å². The fourth-order valence-corrected chi connectivity index (χ4v) is 7.56. The van der Waals surface area contributed by atoms with Crippen LogP contribution in [-0.4, -0.2) is 114 Å². The van der Waals surface area contributed by atoms with Gasteiger partial charge in [0, 0.05) is 57.0 Å². The molecule has 2 saturated heterocycles. The number of ether oxygens (including phenoxy) is 4. The number of rotatable bonds is 13. The largest absolute Gasteiger partial charge is 0.460 e. The van der Waals surface area contributed by atoms with Crippen LogP contribution in [0.25, 0.3) is 6.08 Å². The van der Waals surface area contributed by atoms with Crippen LogP contribution in [0.3, 0.4) is 0 Å². The molecule has 13 nitrogen and oxygen atoms in total. The fraction of sp³-hybridized carbons (Fsp3) is 0.625. The molecular weight excluding hydrogens is 682 g/mol. The minimum absolute atomic E-state index is 0.0197. The van der Waals surface area contributed by atoms with Gasteiger partial charge in [-0.2, -0.15) is 0 Å². The maximum absolute atomic E-state index is 14.3. The molecule has 2 N–H and O–H groups in total. The Morgan fingerprint density at radius 2 is 1.75 bits per heavy atom. The van der Waals surface area contributed by atoms with Gasteiger partial charge in [0.25, 0.3) is 0 Å². The van der Waals surface area contributed by atoms with Gasteiger partial charge in [-0.15, -0.1) is 0 Å². The van der Waals surface area contributed by atoms with E-state index in [1.54, 1.807) is 71.3 Å². The summed E-state index contributed by atoms with van der Waals surface area (Å²) in [5.74, 6) is -2.32. The molecule has 5 aliphatic rings. The molecule has 2 saturated carbocycles. The summed E-state index contributed by atoms with van der Waals surface area (Å²) in [5, 5.41) is 12.8. The van der Waals surface area contributed by atoms with E-state index in [9.17, 15) is 29.1 Å². The van der Waals surface area contributed by atoms with Crippen LogP contribution in [0.2, 0.25) is 0 Å². The Morgan fingerprint density at radius 1 is 1.06 bits per heavy atom. The highest BCUT2D eigenvalue weighted by atomic mass is 16.8. The zero-order valence-electron chi connectivity index (χ0n) is 31.4. The quantitative estimate of drug-likeness (QED) is 0.227. The van der Waals surface area contributed by atoms with E-state index in [-0.39, 0.29) is 55.1 Å². The normalized spacial score (nSPS) is 25.7. The second-order valence-corrected chi connectivity index (χ2v) is 16.1. The van der Waals surface area contributed by atoms with Crippen molar-refractivity contribution in [1.29, 1.82) is 0 Å². The molecule has 0 spiro atoms. The number of hydrogen-bond donors (Lipinski definition) is 2. The van der Waals surface area contributed by atoms with E-state index in [2.05, 4.69) is 5.32 Å². The first kappa shape index (κ1) is 38.6. The van der Waals surface area contributed by atoms with E-state index < -0.39 is 59.6 Å². The minimum atomic E-state index is -0.849. The summed E-state index contributed by atoms with van der Waals surface area (Å²) in [6, 6.07) is 5.39. The molecule has 4 fully saturated rings. The number of nitrogens with one attached hydrogen (secondary N) is 1. The third kappa shape index (κ3) is 9.01. The van der Waals surface area contributed by atoms with Crippen molar-refractivity contribution in [3.05, 3.63) is 53.1 Å². The molecular formula is C40H53N3O10. The molecule has 0 aromatic heterocycles. The van der Waals surface area contributed by atoms with Gasteiger partial charge in [0.1, 0.15) is 30.0 Å². The van der Waals surface area contributed by atoms with Crippen LogP contribution in [0.4, 0.5) is 0 Å². The van der Waals surface area contributed by atoms with Gasteiger partial charge in [-0.05, 0) is 89.5 Å². The third-order valence-electron chi connectivity index (χ3n) is 10.5. The lowest BCUT2D eigenvalue weighted by Gasteiger charge is -2.33. The monoisotopic (exact) mass is 735 g/mol. The molecule has 13 heteroatoms. The van der Waals surface area contributed by atoms with Crippen molar-refractivity contribution in [2.75, 3.05) is 27.2 Å². The van der Waals surface area contributed by atoms with Gasteiger partial charge in [0.2, 0.25) is 17.7 Å². The number of amides is 3. The lowest BCUT2D eigenvalue weighted by molar-refractivity contribution is -0.209. The zero-order chi connectivity index (χ0) is 38.1. The number of nitrogens with zero attached hydrogens (tertiary/aromatic N) is 2. The minimum Gasteiger partial charge on any atom is -0.460 e. The first-order valence-electron chi connectivity index (χ1n) is 18.9. The highest BCUT2D eigenvalue weighted by Gasteiger charge is 2.64. The van der Waals surface area contributed by atoms with E-state index in [1.165, 1.54) is 15.9 Å². The van der Waals surface area contributed by atoms with Crippen molar-refractivity contribution in [3.63, 3.8) is 0 Å². The Balaban J connectivity index is 1.19. The van der Waals surface area contributed by atoms with Gasteiger partial charge >= 0.3 is 11.9 Å². The number of benzene rings is 1. The van der Waals surface area contributed by atoms with Gasteiger partial charge in [-0.3, -0.25) is 19.2 Å². The van der Waals surface area contributed by atoms with Crippen LogP contribution < -0.4 is 5.32 Å². The molecule has 3 aliphatic carbocycles. The van der Waals surface area contributed by atoms with Crippen LogP contribution >= 0.6 is 0 Å². The molecule has 1 aromatic carbocycles. The van der Waals surface area contributed by atoms with Crippen molar-refractivity contribution in [2.24, 2.45) is 11.8 Å². The second-order valence-electron chi connectivity index (χ2n) is 16.1. The van der Waals surface area contributed by atoms with Crippen LogP contribution in [0.15, 0.2) is 42.0 Å². The Morgan fingerprint density at radius 3 is 2.40 bits per heavy atom. The van der Waals surface area contributed by atoms with E-state index >= 15 is 0 Å². The summed E-state index contributed by atoms with van der Waals surface area (Å²) < 4.78 is 25.1. The molecule has 2 heterocycles. The molecule has 288 valence electrons. The summed E-state index contributed by atoms with van der Waals surface area (Å²) in [5.41, 5.74) is 0.514. The van der Waals surface area contributed by atoms with Crippen LogP contribution in [0.1, 0.15) is 94.5 Å². The average molecular weight is 736 g/mol. The standard InChI is InChI=1S/C40H53N3O10/c1-39(2,3)52-34(46)19-17-28(23-44)41-36(47)30-11-8-20-43(30)37(48)25-21-31(35-32(22-25)51-40(53-35,26-13-14-26)27-15-16-27)50-38(49)29-10-7-6-9-24(29)12-18-33(45)42(4)5/h6-7,9-10,12,18,22,26-28,30-32,35,44H,8,11,13-17,19-21,23H2,1-5H3,(H,41,47). The van der Waals surface area contributed by atoms with Crippen molar-refractivity contribution in [3.8, 4) is 0 Å². The number of esters is 2. The summed E-state index contributed by atoms with van der Waals surface area (Å²) in [4.78, 5) is 69.2. The SMILES string of the molecule is CN(C)C(=O)C=Cc1ccccc1C(=O)OC1CC(C(=O)N2CCCC2C(=O)NC(CO)CCC(=O)OC(C)(C)C)=CC2OC(C3CC3)(C3CC3)OC21. The topological polar surface area (TPSA) is 161 Å². The lowest BCUT2D eigenvalue weighted by Crippen LogP contribution is -2.51. The summed E-state index contributed by atoms with van der Waals surface area (Å²) >= 11 is 0. The van der Waals surface area contributed by atoms with Crippen molar-refractivity contribution in [2.45, 2.75) is 120 Å². The molecule has 5 atom stereocenters.